The fraction of sp³-hybridized carbons (Fsp3) is 0.400. The molecule has 0 bridgehead atoms. The molecule has 0 amide bonds. The lowest BCUT2D eigenvalue weighted by Gasteiger charge is -2.09. The second-order valence-corrected chi connectivity index (χ2v) is 4.88. The quantitative estimate of drug-likeness (QED) is 0.830. The summed E-state index contributed by atoms with van der Waals surface area (Å²) in [6.07, 6.45) is 0.694. The number of nitrogens with two attached hydrogens (primary N) is 1. The van der Waals surface area contributed by atoms with E-state index in [9.17, 15) is 8.42 Å². The molecule has 1 rings (SSSR count). The Morgan fingerprint density at radius 1 is 1.31 bits per heavy atom. The Morgan fingerprint density at radius 2 is 1.94 bits per heavy atom. The van der Waals surface area contributed by atoms with Gasteiger partial charge in [0.25, 0.3) is 0 Å². The van der Waals surface area contributed by atoms with Crippen LogP contribution in [-0.2, 0) is 16.4 Å². The van der Waals surface area contributed by atoms with Crippen LogP contribution in [0.1, 0.15) is 12.5 Å². The normalized spacial score (nSPS) is 10.9. The molecule has 6 heteroatoms. The second-order valence-electron chi connectivity index (χ2n) is 3.15. The van der Waals surface area contributed by atoms with Gasteiger partial charge in [-0.3, -0.25) is 0 Å². The Bertz CT molecular complexity index is 421. The molecule has 0 unspecified atom stereocenters. The van der Waals surface area contributed by atoms with Crippen LogP contribution in [0.2, 0.25) is 0 Å². The van der Waals surface area contributed by atoms with Crippen LogP contribution in [0.5, 0.6) is 0 Å². The number of rotatable bonds is 5. The maximum absolute atomic E-state index is 11.8. The van der Waals surface area contributed by atoms with Crippen LogP contribution < -0.4 is 10.5 Å². The van der Waals surface area contributed by atoms with Crippen LogP contribution >= 0.6 is 12.4 Å². The Labute approximate surface area is 103 Å². The molecule has 4 nitrogen and oxygen atoms in total. The fourth-order valence-electron chi connectivity index (χ4n) is 1.33. The molecule has 0 saturated carbocycles. The third kappa shape index (κ3) is 3.75. The molecule has 0 heterocycles. The van der Waals surface area contributed by atoms with Crippen molar-refractivity contribution in [1.82, 2.24) is 4.72 Å². The Morgan fingerprint density at radius 3 is 2.50 bits per heavy atom. The average Bonchev–Trinajstić information content (AvgIpc) is 2.26. The van der Waals surface area contributed by atoms with Crippen LogP contribution in [0.25, 0.3) is 0 Å². The standard InChI is InChI=1S/C10H16N2O2S.ClH/c1-2-9-5-3-4-6-10(9)15(13,14)12-8-7-11;/h3-6,12H,2,7-8,11H2,1H3;1H. The van der Waals surface area contributed by atoms with Crippen LogP contribution in [0.15, 0.2) is 29.2 Å². The fourth-order valence-corrected chi connectivity index (χ4v) is 2.69. The van der Waals surface area contributed by atoms with E-state index in [4.69, 9.17) is 5.73 Å². The van der Waals surface area contributed by atoms with Gasteiger partial charge in [-0.25, -0.2) is 13.1 Å². The predicted octanol–water partition coefficient (Wildman–Crippen LogP) is 0.908. The van der Waals surface area contributed by atoms with E-state index in [1.807, 2.05) is 19.1 Å². The minimum absolute atomic E-state index is 0. The number of benzene rings is 1. The Balaban J connectivity index is 0.00000225. The molecule has 0 aliphatic rings. The van der Waals surface area contributed by atoms with Crippen molar-refractivity contribution >= 4 is 22.4 Å². The van der Waals surface area contributed by atoms with Gasteiger partial charge in [-0.05, 0) is 18.1 Å². The number of halogens is 1. The van der Waals surface area contributed by atoms with Crippen molar-refractivity contribution in [3.8, 4) is 0 Å². The van der Waals surface area contributed by atoms with Crippen molar-refractivity contribution in [3.05, 3.63) is 29.8 Å². The van der Waals surface area contributed by atoms with E-state index < -0.39 is 10.0 Å². The van der Waals surface area contributed by atoms with Gasteiger partial charge in [0.05, 0.1) is 4.90 Å². The third-order valence-corrected chi connectivity index (χ3v) is 3.64. The first kappa shape index (κ1) is 15.4. The molecule has 0 spiro atoms. The van der Waals surface area contributed by atoms with Gasteiger partial charge >= 0.3 is 0 Å². The molecular weight excluding hydrogens is 248 g/mol. The molecule has 1 aromatic carbocycles. The SMILES string of the molecule is CCc1ccccc1S(=O)(=O)NCCN.Cl. The summed E-state index contributed by atoms with van der Waals surface area (Å²) >= 11 is 0. The van der Waals surface area contributed by atoms with Gasteiger partial charge in [0.2, 0.25) is 10.0 Å². The van der Waals surface area contributed by atoms with Crippen LogP contribution in [-0.4, -0.2) is 21.5 Å². The average molecular weight is 265 g/mol. The highest BCUT2D eigenvalue weighted by Gasteiger charge is 2.15. The van der Waals surface area contributed by atoms with Crippen LogP contribution in [0, 0.1) is 0 Å². The molecule has 92 valence electrons. The third-order valence-electron chi connectivity index (χ3n) is 2.08. The van der Waals surface area contributed by atoms with E-state index >= 15 is 0 Å². The van der Waals surface area contributed by atoms with E-state index in [0.717, 1.165) is 5.56 Å². The molecule has 0 saturated heterocycles. The van der Waals surface area contributed by atoms with Crippen LogP contribution in [0.4, 0.5) is 0 Å². The van der Waals surface area contributed by atoms with Crippen molar-refractivity contribution in [1.29, 1.82) is 0 Å². The van der Waals surface area contributed by atoms with E-state index in [0.29, 0.717) is 17.9 Å². The smallest absolute Gasteiger partial charge is 0.240 e. The van der Waals surface area contributed by atoms with E-state index in [-0.39, 0.29) is 19.0 Å². The van der Waals surface area contributed by atoms with Gasteiger partial charge in [-0.2, -0.15) is 0 Å². The topological polar surface area (TPSA) is 72.2 Å². The predicted molar refractivity (Wildman–Crippen MR) is 67.3 cm³/mol. The Hall–Kier alpha value is -0.620. The lowest BCUT2D eigenvalue weighted by Crippen LogP contribution is -2.29. The van der Waals surface area contributed by atoms with Gasteiger partial charge in [0.1, 0.15) is 0 Å². The first-order chi connectivity index (χ1) is 7.11. The summed E-state index contributed by atoms with van der Waals surface area (Å²) in [7, 11) is -3.40. The van der Waals surface area contributed by atoms with E-state index in [1.165, 1.54) is 0 Å². The van der Waals surface area contributed by atoms with Gasteiger partial charge in [0, 0.05) is 13.1 Å². The first-order valence-electron chi connectivity index (χ1n) is 4.89. The van der Waals surface area contributed by atoms with Crippen molar-refractivity contribution < 1.29 is 8.42 Å². The van der Waals surface area contributed by atoms with Crippen molar-refractivity contribution in [2.24, 2.45) is 5.73 Å². The summed E-state index contributed by atoms with van der Waals surface area (Å²) in [6, 6.07) is 6.98. The molecule has 3 N–H and O–H groups in total. The van der Waals surface area contributed by atoms with Gasteiger partial charge in [0.15, 0.2) is 0 Å². The highest BCUT2D eigenvalue weighted by atomic mass is 35.5. The minimum Gasteiger partial charge on any atom is -0.329 e. The zero-order valence-electron chi connectivity index (χ0n) is 9.14. The van der Waals surface area contributed by atoms with E-state index in [2.05, 4.69) is 4.72 Å². The second kappa shape index (κ2) is 6.85. The maximum atomic E-state index is 11.8. The molecule has 0 aliphatic carbocycles. The largest absolute Gasteiger partial charge is 0.329 e. The lowest BCUT2D eigenvalue weighted by molar-refractivity contribution is 0.581. The van der Waals surface area contributed by atoms with Crippen molar-refractivity contribution in [3.63, 3.8) is 0 Å². The molecule has 0 aromatic heterocycles. The zero-order chi connectivity index (χ0) is 11.3. The first-order valence-corrected chi connectivity index (χ1v) is 6.37. The summed E-state index contributed by atoms with van der Waals surface area (Å²) in [6.45, 7) is 2.49. The monoisotopic (exact) mass is 264 g/mol. The number of hydrogen-bond donors (Lipinski definition) is 2. The molecular formula is C10H17ClN2O2S. The highest BCUT2D eigenvalue weighted by Crippen LogP contribution is 2.15. The van der Waals surface area contributed by atoms with Gasteiger partial charge in [-0.1, -0.05) is 25.1 Å². The van der Waals surface area contributed by atoms with Crippen molar-refractivity contribution in [2.75, 3.05) is 13.1 Å². The molecule has 16 heavy (non-hydrogen) atoms. The Kier molecular flexibility index (Phi) is 6.59. The van der Waals surface area contributed by atoms with Gasteiger partial charge < -0.3 is 5.73 Å². The summed E-state index contributed by atoms with van der Waals surface area (Å²) in [4.78, 5) is 0.348. The lowest BCUT2D eigenvalue weighted by atomic mass is 10.2. The van der Waals surface area contributed by atoms with Gasteiger partial charge in [-0.15, -0.1) is 12.4 Å². The number of hydrogen-bond acceptors (Lipinski definition) is 3. The molecule has 0 radical (unpaired) electrons. The summed E-state index contributed by atoms with van der Waals surface area (Å²) in [5.41, 5.74) is 6.08. The number of aryl methyl sites for hydroxylation is 1. The summed E-state index contributed by atoms with van der Waals surface area (Å²) in [5.74, 6) is 0. The summed E-state index contributed by atoms with van der Waals surface area (Å²) in [5, 5.41) is 0. The highest BCUT2D eigenvalue weighted by molar-refractivity contribution is 7.89. The van der Waals surface area contributed by atoms with E-state index in [1.54, 1.807) is 12.1 Å². The number of sulfonamides is 1. The summed E-state index contributed by atoms with van der Waals surface area (Å²) < 4.78 is 26.1. The van der Waals surface area contributed by atoms with Crippen LogP contribution in [0.3, 0.4) is 0 Å². The number of nitrogens with one attached hydrogen (secondary N) is 1. The molecule has 1 aromatic rings. The minimum atomic E-state index is -3.40. The van der Waals surface area contributed by atoms with Crippen molar-refractivity contribution in [2.45, 2.75) is 18.2 Å². The zero-order valence-corrected chi connectivity index (χ0v) is 10.8. The maximum Gasteiger partial charge on any atom is 0.240 e. The molecule has 0 aliphatic heterocycles. The molecule has 0 atom stereocenters. The molecule has 0 fully saturated rings.